The van der Waals surface area contributed by atoms with Crippen LogP contribution in [-0.4, -0.2) is 53.6 Å². The van der Waals surface area contributed by atoms with Crippen LogP contribution in [0.4, 0.5) is 0 Å². The Morgan fingerprint density at radius 2 is 1.13 bits per heavy atom. The van der Waals surface area contributed by atoms with Gasteiger partial charge in [-0.3, -0.25) is 9.59 Å². The van der Waals surface area contributed by atoms with Crippen molar-refractivity contribution in [2.45, 2.75) is 64.2 Å². The molecule has 0 fully saturated rings. The van der Waals surface area contributed by atoms with E-state index in [4.69, 9.17) is 25.8 Å². The molecule has 7 heteroatoms. The Bertz CT molecular complexity index is 247. The van der Waals surface area contributed by atoms with Crippen molar-refractivity contribution >= 4 is 11.9 Å². The molecule has 7 nitrogen and oxygen atoms in total. The Hall–Kier alpha value is -1.18. The molecule has 23 heavy (non-hydrogen) atoms. The van der Waals surface area contributed by atoms with Gasteiger partial charge in [0.05, 0.1) is 19.8 Å². The summed E-state index contributed by atoms with van der Waals surface area (Å²) in [6.45, 7) is 1.55. The summed E-state index contributed by atoms with van der Waals surface area (Å²) in [4.78, 5) is 20.4. The average Bonchev–Trinajstić information content (AvgIpc) is 2.50. The summed E-state index contributed by atoms with van der Waals surface area (Å²) in [5, 5.41) is 24.9. The van der Waals surface area contributed by atoms with E-state index < -0.39 is 11.9 Å². The van der Waals surface area contributed by atoms with Gasteiger partial charge >= 0.3 is 11.9 Å². The largest absolute Gasteiger partial charge is 0.481 e. The van der Waals surface area contributed by atoms with Crippen LogP contribution in [0.2, 0.25) is 0 Å². The molecule has 0 saturated heterocycles. The summed E-state index contributed by atoms with van der Waals surface area (Å²) in [5.74, 6) is -1.43. The number of aliphatic hydroxyl groups is 1. The Morgan fingerprint density at radius 3 is 1.43 bits per heavy atom. The van der Waals surface area contributed by atoms with E-state index in [2.05, 4.69) is 0 Å². The number of ether oxygens (including phenoxy) is 1. The molecule has 138 valence electrons. The number of rotatable bonds is 15. The monoisotopic (exact) mass is 335 g/mol. The van der Waals surface area contributed by atoms with E-state index in [1.165, 1.54) is 0 Å². The van der Waals surface area contributed by atoms with Crippen LogP contribution in [0.5, 0.6) is 0 Å². The smallest absolute Gasteiger partial charge is 0.303 e. The molecule has 0 atom stereocenters. The third kappa shape index (κ3) is 29.5. The maximum absolute atomic E-state index is 10.2. The van der Waals surface area contributed by atoms with Crippen LogP contribution in [0.25, 0.3) is 0 Å². The molecular formula is C16H33NO6. The van der Waals surface area contributed by atoms with Crippen molar-refractivity contribution in [3.8, 4) is 0 Å². The van der Waals surface area contributed by atoms with Crippen molar-refractivity contribution in [3.63, 3.8) is 0 Å². The van der Waals surface area contributed by atoms with Crippen LogP contribution >= 0.6 is 0 Å². The third-order valence-electron chi connectivity index (χ3n) is 3.03. The van der Waals surface area contributed by atoms with Gasteiger partial charge in [0.2, 0.25) is 0 Å². The summed E-state index contributed by atoms with van der Waals surface area (Å²) in [5.41, 5.74) is 5.06. The Kier molecular flexibility index (Phi) is 21.8. The molecule has 0 bridgehead atoms. The molecule has 0 aromatic heterocycles. The fourth-order valence-corrected chi connectivity index (χ4v) is 1.86. The van der Waals surface area contributed by atoms with Crippen molar-refractivity contribution in [3.05, 3.63) is 0 Å². The van der Waals surface area contributed by atoms with Crippen molar-refractivity contribution in [1.29, 1.82) is 0 Å². The number of carbonyl (C=O) groups is 2. The topological polar surface area (TPSA) is 130 Å². The highest BCUT2D eigenvalue weighted by Crippen LogP contribution is 2.10. The summed E-state index contributed by atoms with van der Waals surface area (Å²) in [6.07, 6.45) is 8.51. The minimum atomic E-state index is -0.714. The lowest BCUT2D eigenvalue weighted by molar-refractivity contribution is -0.138. The van der Waals surface area contributed by atoms with E-state index in [0.717, 1.165) is 51.4 Å². The zero-order chi connectivity index (χ0) is 17.8. The number of carboxylic acid groups (broad SMARTS) is 2. The number of aliphatic carboxylic acids is 2. The molecule has 0 aromatic rings. The van der Waals surface area contributed by atoms with E-state index in [9.17, 15) is 9.59 Å². The van der Waals surface area contributed by atoms with E-state index >= 15 is 0 Å². The number of aliphatic hydroxyl groups excluding tert-OH is 1. The second-order valence-electron chi connectivity index (χ2n) is 5.24. The Balaban J connectivity index is 0. The van der Waals surface area contributed by atoms with E-state index in [-0.39, 0.29) is 19.4 Å². The number of unbranched alkanes of at least 4 members (excludes halogenated alkanes) is 7. The molecule has 0 unspecified atom stereocenters. The maximum Gasteiger partial charge on any atom is 0.303 e. The van der Waals surface area contributed by atoms with E-state index in [1.807, 2.05) is 0 Å². The first-order chi connectivity index (χ1) is 11.0. The molecule has 0 rings (SSSR count). The summed E-state index contributed by atoms with van der Waals surface area (Å²) in [6, 6.07) is 0. The van der Waals surface area contributed by atoms with Crippen LogP contribution in [0.15, 0.2) is 0 Å². The number of hydrogen-bond acceptors (Lipinski definition) is 5. The van der Waals surface area contributed by atoms with Crippen LogP contribution in [-0.2, 0) is 14.3 Å². The second-order valence-corrected chi connectivity index (χ2v) is 5.24. The van der Waals surface area contributed by atoms with Gasteiger partial charge < -0.3 is 25.8 Å². The van der Waals surface area contributed by atoms with E-state index in [0.29, 0.717) is 19.8 Å². The molecule has 0 amide bonds. The normalized spacial score (nSPS) is 10.0. The fourth-order valence-electron chi connectivity index (χ4n) is 1.86. The fraction of sp³-hybridized carbons (Fsp3) is 0.875. The number of hydrogen-bond donors (Lipinski definition) is 4. The molecule has 0 heterocycles. The SMILES string of the molecule is NCCOCCO.O=C(O)CCCCCCCCCCC(=O)O. The molecule has 5 N–H and O–H groups in total. The number of nitrogens with two attached hydrogens (primary N) is 1. The van der Waals surface area contributed by atoms with Crippen LogP contribution < -0.4 is 5.73 Å². The first-order valence-electron chi connectivity index (χ1n) is 8.36. The number of carboxylic acids is 2. The molecule has 0 spiro atoms. The Morgan fingerprint density at radius 1 is 0.739 bits per heavy atom. The van der Waals surface area contributed by atoms with Crippen molar-refractivity contribution in [1.82, 2.24) is 0 Å². The predicted octanol–water partition coefficient (Wildman–Crippen LogP) is 2.01. The zero-order valence-corrected chi connectivity index (χ0v) is 14.0. The van der Waals surface area contributed by atoms with Crippen molar-refractivity contribution < 1.29 is 29.6 Å². The average molecular weight is 335 g/mol. The van der Waals surface area contributed by atoms with Gasteiger partial charge in [-0.15, -0.1) is 0 Å². The molecule has 0 radical (unpaired) electrons. The minimum Gasteiger partial charge on any atom is -0.481 e. The minimum absolute atomic E-state index is 0.0833. The van der Waals surface area contributed by atoms with Crippen molar-refractivity contribution in [2.75, 3.05) is 26.4 Å². The second kappa shape index (κ2) is 20.8. The van der Waals surface area contributed by atoms with Gasteiger partial charge in [0.25, 0.3) is 0 Å². The van der Waals surface area contributed by atoms with Gasteiger partial charge in [0.1, 0.15) is 0 Å². The summed E-state index contributed by atoms with van der Waals surface area (Å²) < 4.78 is 4.76. The lowest BCUT2D eigenvalue weighted by Crippen LogP contribution is -2.10. The molecule has 0 aliphatic heterocycles. The van der Waals surface area contributed by atoms with Gasteiger partial charge in [-0.05, 0) is 12.8 Å². The zero-order valence-electron chi connectivity index (χ0n) is 14.0. The van der Waals surface area contributed by atoms with Crippen LogP contribution in [0.1, 0.15) is 64.2 Å². The molecule has 0 aliphatic rings. The maximum atomic E-state index is 10.2. The van der Waals surface area contributed by atoms with Gasteiger partial charge in [0, 0.05) is 19.4 Å². The molecule has 0 saturated carbocycles. The summed E-state index contributed by atoms with van der Waals surface area (Å²) in [7, 11) is 0. The lowest BCUT2D eigenvalue weighted by atomic mass is 10.1. The first-order valence-corrected chi connectivity index (χ1v) is 8.36. The Labute approximate surface area is 138 Å². The quantitative estimate of drug-likeness (QED) is 0.337. The highest BCUT2D eigenvalue weighted by Gasteiger charge is 1.98. The molecular weight excluding hydrogens is 302 g/mol. The molecule has 0 aliphatic carbocycles. The summed E-state index contributed by atoms with van der Waals surface area (Å²) >= 11 is 0. The van der Waals surface area contributed by atoms with Gasteiger partial charge in [-0.25, -0.2) is 0 Å². The van der Waals surface area contributed by atoms with Crippen LogP contribution in [0.3, 0.4) is 0 Å². The van der Waals surface area contributed by atoms with Crippen LogP contribution in [0, 0.1) is 0 Å². The van der Waals surface area contributed by atoms with Gasteiger partial charge in [-0.1, -0.05) is 38.5 Å². The predicted molar refractivity (Wildman–Crippen MR) is 88.4 cm³/mol. The van der Waals surface area contributed by atoms with Gasteiger partial charge in [0.15, 0.2) is 0 Å². The highest BCUT2D eigenvalue weighted by molar-refractivity contribution is 5.66. The van der Waals surface area contributed by atoms with Gasteiger partial charge in [-0.2, -0.15) is 0 Å². The third-order valence-corrected chi connectivity index (χ3v) is 3.03. The molecule has 0 aromatic carbocycles. The van der Waals surface area contributed by atoms with E-state index in [1.54, 1.807) is 0 Å². The lowest BCUT2D eigenvalue weighted by Gasteiger charge is -2.00. The van der Waals surface area contributed by atoms with Crippen molar-refractivity contribution in [2.24, 2.45) is 5.73 Å². The standard InChI is InChI=1S/C12H22O4.C4H11NO2/c13-11(14)9-7-5-3-1-2-4-6-8-10-12(15)16;5-1-3-7-4-2-6/h1-10H2,(H,13,14)(H,15,16);6H,1-5H2. The first kappa shape index (κ1) is 24.1. The highest BCUT2D eigenvalue weighted by atomic mass is 16.5.